The molecule has 0 unspecified atom stereocenters. The maximum Gasteiger partial charge on any atom is 0.240 e. The van der Waals surface area contributed by atoms with Gasteiger partial charge in [0.1, 0.15) is 12.4 Å². The quantitative estimate of drug-likeness (QED) is 0.800. The number of carboxylic acid groups (broad SMARTS) is 1. The highest BCUT2D eigenvalue weighted by Crippen LogP contribution is 2.21. The van der Waals surface area contributed by atoms with Crippen molar-refractivity contribution in [1.29, 1.82) is 0 Å². The van der Waals surface area contributed by atoms with Crippen LogP contribution in [0.15, 0.2) is 53.4 Å². The Kier molecular flexibility index (Phi) is 5.36. The second kappa shape index (κ2) is 7.26. The van der Waals surface area contributed by atoms with E-state index in [1.165, 1.54) is 18.2 Å². The van der Waals surface area contributed by atoms with Crippen LogP contribution in [0.2, 0.25) is 0 Å². The van der Waals surface area contributed by atoms with Gasteiger partial charge in [-0.2, -0.15) is 0 Å². The lowest BCUT2D eigenvalue weighted by atomic mass is 10.2. The number of ether oxygens (including phenoxy) is 1. The Morgan fingerprint density at radius 2 is 1.87 bits per heavy atom. The minimum atomic E-state index is -3.66. The van der Waals surface area contributed by atoms with Crippen LogP contribution in [-0.2, 0) is 21.4 Å². The molecule has 0 heterocycles. The summed E-state index contributed by atoms with van der Waals surface area (Å²) in [5, 5.41) is 10.4. The highest BCUT2D eigenvalue weighted by atomic mass is 32.2. The Morgan fingerprint density at radius 1 is 1.17 bits per heavy atom. The van der Waals surface area contributed by atoms with Crippen molar-refractivity contribution in [1.82, 2.24) is 4.72 Å². The summed E-state index contributed by atoms with van der Waals surface area (Å²) in [5.74, 6) is -1.04. The van der Waals surface area contributed by atoms with Gasteiger partial charge in [-0.1, -0.05) is 30.3 Å². The lowest BCUT2D eigenvalue weighted by Gasteiger charge is -2.12. The van der Waals surface area contributed by atoms with Gasteiger partial charge in [0.05, 0.1) is 10.9 Å². The van der Waals surface area contributed by atoms with Gasteiger partial charge in [0.15, 0.2) is 0 Å². The molecule has 0 aliphatic carbocycles. The van der Waals surface area contributed by atoms with Gasteiger partial charge in [-0.15, -0.1) is 0 Å². The van der Waals surface area contributed by atoms with Gasteiger partial charge in [-0.25, -0.2) is 13.1 Å². The third-order valence-corrected chi connectivity index (χ3v) is 4.51. The lowest BCUT2D eigenvalue weighted by Crippen LogP contribution is -2.29. The molecular weight excluding hydrogens is 318 g/mol. The Balaban J connectivity index is 2.10. The molecule has 0 spiro atoms. The average Bonchev–Trinajstić information content (AvgIpc) is 2.52. The number of carbonyl (C=O) groups is 1. The van der Waals surface area contributed by atoms with Crippen LogP contribution in [0.25, 0.3) is 0 Å². The third-order valence-electron chi connectivity index (χ3n) is 3.11. The number of hydrogen-bond donors (Lipinski definition) is 1. The van der Waals surface area contributed by atoms with Gasteiger partial charge in [-0.3, -0.25) is 0 Å². The van der Waals surface area contributed by atoms with Crippen LogP contribution in [0, 0.1) is 6.92 Å². The van der Waals surface area contributed by atoms with E-state index >= 15 is 0 Å². The molecule has 2 aromatic carbocycles. The van der Waals surface area contributed by atoms with E-state index in [4.69, 9.17) is 4.74 Å². The van der Waals surface area contributed by atoms with Gasteiger partial charge in [0, 0.05) is 6.54 Å². The Bertz CT molecular complexity index is 787. The van der Waals surface area contributed by atoms with Crippen LogP contribution in [0.5, 0.6) is 5.75 Å². The molecule has 0 amide bonds. The highest BCUT2D eigenvalue weighted by Gasteiger charge is 2.15. The van der Waals surface area contributed by atoms with E-state index in [-0.39, 0.29) is 11.4 Å². The number of nitrogens with one attached hydrogen (secondary N) is 1. The van der Waals surface area contributed by atoms with E-state index in [2.05, 4.69) is 4.72 Å². The summed E-state index contributed by atoms with van der Waals surface area (Å²) < 4.78 is 32.1. The van der Waals surface area contributed by atoms with Crippen molar-refractivity contribution in [3.8, 4) is 5.75 Å². The Labute approximate surface area is 134 Å². The summed E-state index contributed by atoms with van der Waals surface area (Å²) in [6.07, 6.45) is 0. The van der Waals surface area contributed by atoms with E-state index in [0.29, 0.717) is 11.3 Å². The molecule has 0 aliphatic rings. The summed E-state index contributed by atoms with van der Waals surface area (Å²) in [5.41, 5.74) is 1.37. The lowest BCUT2D eigenvalue weighted by molar-refractivity contribution is -0.307. The zero-order chi connectivity index (χ0) is 16.9. The van der Waals surface area contributed by atoms with Crippen LogP contribution in [0.4, 0.5) is 0 Å². The Morgan fingerprint density at radius 3 is 2.48 bits per heavy atom. The summed E-state index contributed by atoms with van der Waals surface area (Å²) in [7, 11) is -3.66. The molecule has 0 atom stereocenters. The summed E-state index contributed by atoms with van der Waals surface area (Å²) in [4.78, 5) is 10.5. The van der Waals surface area contributed by atoms with Crippen molar-refractivity contribution in [2.45, 2.75) is 18.4 Å². The number of carboxylic acids is 1. The van der Waals surface area contributed by atoms with Crippen molar-refractivity contribution >= 4 is 16.0 Å². The second-order valence-corrected chi connectivity index (χ2v) is 6.67. The van der Waals surface area contributed by atoms with Crippen LogP contribution in [0.3, 0.4) is 0 Å². The van der Waals surface area contributed by atoms with E-state index in [1.54, 1.807) is 6.92 Å². The van der Waals surface area contributed by atoms with Crippen molar-refractivity contribution in [3.63, 3.8) is 0 Å². The van der Waals surface area contributed by atoms with Crippen LogP contribution < -0.4 is 14.6 Å². The first kappa shape index (κ1) is 17.0. The van der Waals surface area contributed by atoms with Crippen molar-refractivity contribution in [2.75, 3.05) is 6.61 Å². The molecule has 0 radical (unpaired) electrons. The number of carbonyl (C=O) groups excluding carboxylic acids is 1. The molecule has 6 nitrogen and oxygen atoms in total. The topological polar surface area (TPSA) is 95.5 Å². The third kappa shape index (κ3) is 4.80. The van der Waals surface area contributed by atoms with Gasteiger partial charge in [-0.05, 0) is 36.2 Å². The zero-order valence-corrected chi connectivity index (χ0v) is 13.3. The first-order valence-corrected chi connectivity index (χ1v) is 8.34. The first-order valence-electron chi connectivity index (χ1n) is 6.85. The number of rotatable bonds is 7. The molecule has 122 valence electrons. The number of hydrogen-bond acceptors (Lipinski definition) is 5. The number of aryl methyl sites for hydroxylation is 1. The van der Waals surface area contributed by atoms with Gasteiger partial charge in [0.2, 0.25) is 10.0 Å². The van der Waals surface area contributed by atoms with E-state index in [0.717, 1.165) is 5.56 Å². The first-order chi connectivity index (χ1) is 10.9. The molecule has 0 fully saturated rings. The normalized spacial score (nSPS) is 11.2. The van der Waals surface area contributed by atoms with Gasteiger partial charge in [0.25, 0.3) is 0 Å². The molecule has 23 heavy (non-hydrogen) atoms. The molecule has 0 bridgehead atoms. The minimum Gasteiger partial charge on any atom is -0.546 e. The van der Waals surface area contributed by atoms with Crippen molar-refractivity contribution in [3.05, 3.63) is 59.7 Å². The van der Waals surface area contributed by atoms with Gasteiger partial charge < -0.3 is 14.6 Å². The molecule has 0 saturated carbocycles. The average molecular weight is 334 g/mol. The molecular formula is C16H16NO5S-. The molecule has 2 rings (SSSR count). The molecule has 2 aromatic rings. The standard InChI is InChI=1S/C16H17NO5S/c1-12-9-14(7-8-15(12)22-11-16(18)19)23(20,21)17-10-13-5-3-2-4-6-13/h2-9,17H,10-11H2,1H3,(H,18,19)/p-1. The summed E-state index contributed by atoms with van der Waals surface area (Å²) >= 11 is 0. The zero-order valence-electron chi connectivity index (χ0n) is 12.5. The fourth-order valence-electron chi connectivity index (χ4n) is 1.95. The summed E-state index contributed by atoms with van der Waals surface area (Å²) in [6, 6.07) is 13.4. The predicted octanol–water partition coefficient (Wildman–Crippen LogP) is 0.602. The van der Waals surface area contributed by atoms with Gasteiger partial charge >= 0.3 is 0 Å². The Hall–Kier alpha value is -2.38. The van der Waals surface area contributed by atoms with Crippen LogP contribution in [0.1, 0.15) is 11.1 Å². The number of aliphatic carboxylic acids is 1. The van der Waals surface area contributed by atoms with E-state index in [1.807, 2.05) is 30.3 Å². The largest absolute Gasteiger partial charge is 0.546 e. The fourth-order valence-corrected chi connectivity index (χ4v) is 3.05. The van der Waals surface area contributed by atoms with Crippen molar-refractivity contribution < 1.29 is 23.1 Å². The fraction of sp³-hybridized carbons (Fsp3) is 0.188. The molecule has 1 N–H and O–H groups in total. The number of benzene rings is 2. The van der Waals surface area contributed by atoms with E-state index in [9.17, 15) is 18.3 Å². The maximum atomic E-state index is 12.3. The SMILES string of the molecule is Cc1cc(S(=O)(=O)NCc2ccccc2)ccc1OCC(=O)[O-]. The molecule has 0 aliphatic heterocycles. The minimum absolute atomic E-state index is 0.0896. The monoisotopic (exact) mass is 334 g/mol. The second-order valence-electron chi connectivity index (χ2n) is 4.90. The maximum absolute atomic E-state index is 12.3. The molecule has 7 heteroatoms. The van der Waals surface area contributed by atoms with Crippen LogP contribution >= 0.6 is 0 Å². The number of sulfonamides is 1. The predicted molar refractivity (Wildman–Crippen MR) is 82.1 cm³/mol. The molecule has 0 saturated heterocycles. The summed E-state index contributed by atoms with van der Waals surface area (Å²) in [6.45, 7) is 1.24. The van der Waals surface area contributed by atoms with Crippen LogP contribution in [-0.4, -0.2) is 21.0 Å². The molecule has 0 aromatic heterocycles. The van der Waals surface area contributed by atoms with E-state index < -0.39 is 22.6 Å². The van der Waals surface area contributed by atoms with Crippen molar-refractivity contribution in [2.24, 2.45) is 0 Å². The highest BCUT2D eigenvalue weighted by molar-refractivity contribution is 7.89. The smallest absolute Gasteiger partial charge is 0.240 e.